The van der Waals surface area contributed by atoms with Gasteiger partial charge in [0.15, 0.2) is 0 Å². The molecule has 122 valence electrons. The fourth-order valence-electron chi connectivity index (χ4n) is 2.34. The average Bonchev–Trinajstić information content (AvgIpc) is 2.94. The lowest BCUT2D eigenvalue weighted by molar-refractivity contribution is -0.120. The molecule has 1 aliphatic rings. The first-order valence-corrected chi connectivity index (χ1v) is 9.20. The highest BCUT2D eigenvalue weighted by atomic mass is 35.5. The topological polar surface area (TPSA) is 78.5 Å². The monoisotopic (exact) mass is 345 g/mol. The molecule has 1 heterocycles. The van der Waals surface area contributed by atoms with E-state index in [-0.39, 0.29) is 24.2 Å². The molecule has 2 N–H and O–H groups in total. The highest BCUT2D eigenvalue weighted by Crippen LogP contribution is 2.23. The van der Waals surface area contributed by atoms with Gasteiger partial charge in [0.05, 0.1) is 12.3 Å². The van der Waals surface area contributed by atoms with Crippen molar-refractivity contribution in [2.45, 2.75) is 19.4 Å². The van der Waals surface area contributed by atoms with Crippen LogP contribution in [0.3, 0.4) is 0 Å². The van der Waals surface area contributed by atoms with Gasteiger partial charge in [-0.3, -0.25) is 4.79 Å². The Hall–Kier alpha value is -1.31. The van der Waals surface area contributed by atoms with Crippen LogP contribution in [0.4, 0.5) is 5.69 Å². The molecule has 1 aliphatic heterocycles. The second kappa shape index (κ2) is 7.30. The molecule has 1 aromatic carbocycles. The van der Waals surface area contributed by atoms with Gasteiger partial charge in [-0.25, -0.2) is 13.1 Å². The van der Waals surface area contributed by atoms with Gasteiger partial charge >= 0.3 is 0 Å². The van der Waals surface area contributed by atoms with E-state index in [1.165, 1.54) is 6.92 Å². The summed E-state index contributed by atoms with van der Waals surface area (Å²) in [7, 11) is -3.34. The smallest absolute Gasteiger partial charge is 0.235 e. The number of carbonyl (C=O) groups excluding carboxylic acids is 1. The zero-order valence-corrected chi connectivity index (χ0v) is 14.0. The minimum absolute atomic E-state index is 0.0117. The molecule has 0 spiro atoms. The molecule has 8 heteroatoms. The Bertz CT molecular complexity index is 636. The maximum atomic E-state index is 11.8. The SMILES string of the molecule is CCS(=O)(=O)NCC(=O)N[C@@H]1CCN(c2cccc(Cl)c2)C1. The third kappa shape index (κ3) is 4.86. The van der Waals surface area contributed by atoms with Gasteiger partial charge in [0.2, 0.25) is 15.9 Å². The quantitative estimate of drug-likeness (QED) is 0.805. The number of anilines is 1. The Kier molecular flexibility index (Phi) is 5.66. The van der Waals surface area contributed by atoms with Crippen LogP contribution >= 0.6 is 11.6 Å². The first-order chi connectivity index (χ1) is 10.4. The van der Waals surface area contributed by atoms with E-state index in [1.807, 2.05) is 24.3 Å². The standard InChI is InChI=1S/C14H20ClN3O3S/c1-2-22(20,21)16-9-14(19)17-12-6-7-18(10-12)13-5-3-4-11(15)8-13/h3-5,8,12,16H,2,6-7,9-10H2,1H3,(H,17,19)/t12-/m1/s1. The van der Waals surface area contributed by atoms with E-state index in [4.69, 9.17) is 11.6 Å². The molecule has 0 aliphatic carbocycles. The molecule has 1 fully saturated rings. The molecule has 22 heavy (non-hydrogen) atoms. The van der Waals surface area contributed by atoms with Crippen molar-refractivity contribution in [2.24, 2.45) is 0 Å². The zero-order chi connectivity index (χ0) is 16.2. The van der Waals surface area contributed by atoms with Crippen LogP contribution < -0.4 is 14.9 Å². The van der Waals surface area contributed by atoms with Crippen LogP contribution in [0.15, 0.2) is 24.3 Å². The number of benzene rings is 1. The number of carbonyl (C=O) groups is 1. The lowest BCUT2D eigenvalue weighted by Gasteiger charge is -2.19. The minimum Gasteiger partial charge on any atom is -0.369 e. The summed E-state index contributed by atoms with van der Waals surface area (Å²) in [5.74, 6) is -0.346. The summed E-state index contributed by atoms with van der Waals surface area (Å²) >= 11 is 5.98. The number of hydrogen-bond donors (Lipinski definition) is 2. The predicted molar refractivity (Wildman–Crippen MR) is 87.7 cm³/mol. The summed E-state index contributed by atoms with van der Waals surface area (Å²) in [6.07, 6.45) is 0.818. The van der Waals surface area contributed by atoms with Crippen molar-refractivity contribution < 1.29 is 13.2 Å². The van der Waals surface area contributed by atoms with Crippen molar-refractivity contribution in [3.8, 4) is 0 Å². The molecule has 0 radical (unpaired) electrons. The van der Waals surface area contributed by atoms with E-state index in [0.29, 0.717) is 11.6 Å². The van der Waals surface area contributed by atoms with Gasteiger partial charge in [0.1, 0.15) is 0 Å². The van der Waals surface area contributed by atoms with E-state index in [0.717, 1.165) is 18.7 Å². The first kappa shape index (κ1) is 17.1. The summed E-state index contributed by atoms with van der Waals surface area (Å²) in [5.41, 5.74) is 1.02. The summed E-state index contributed by atoms with van der Waals surface area (Å²) in [6, 6.07) is 7.59. The Morgan fingerprint density at radius 2 is 2.23 bits per heavy atom. The molecule has 6 nitrogen and oxygen atoms in total. The molecule has 1 aromatic rings. The normalized spacial score (nSPS) is 18.5. The summed E-state index contributed by atoms with van der Waals surface area (Å²) in [5, 5.41) is 3.53. The molecule has 1 saturated heterocycles. The van der Waals surface area contributed by atoms with Gasteiger partial charge in [0, 0.05) is 29.8 Å². The van der Waals surface area contributed by atoms with Crippen molar-refractivity contribution in [3.05, 3.63) is 29.3 Å². The van der Waals surface area contributed by atoms with Crippen molar-refractivity contribution in [3.63, 3.8) is 0 Å². The highest BCUT2D eigenvalue weighted by molar-refractivity contribution is 7.89. The van der Waals surface area contributed by atoms with E-state index in [2.05, 4.69) is 14.9 Å². The Morgan fingerprint density at radius 1 is 1.45 bits per heavy atom. The third-order valence-electron chi connectivity index (χ3n) is 3.56. The lowest BCUT2D eigenvalue weighted by atomic mass is 10.2. The third-order valence-corrected chi connectivity index (χ3v) is 5.14. The number of amides is 1. The number of nitrogens with zero attached hydrogens (tertiary/aromatic N) is 1. The highest BCUT2D eigenvalue weighted by Gasteiger charge is 2.24. The van der Waals surface area contributed by atoms with Crippen LogP contribution in [-0.2, 0) is 14.8 Å². The van der Waals surface area contributed by atoms with Crippen LogP contribution in [0.2, 0.25) is 5.02 Å². The maximum Gasteiger partial charge on any atom is 0.235 e. The van der Waals surface area contributed by atoms with E-state index in [1.54, 1.807) is 0 Å². The minimum atomic E-state index is -3.34. The van der Waals surface area contributed by atoms with Gasteiger partial charge in [0.25, 0.3) is 0 Å². The predicted octanol–water partition coefficient (Wildman–Crippen LogP) is 0.974. The van der Waals surface area contributed by atoms with Crippen LogP contribution in [0.5, 0.6) is 0 Å². The van der Waals surface area contributed by atoms with Gasteiger partial charge in [-0.05, 0) is 31.5 Å². The molecular formula is C14H20ClN3O3S. The van der Waals surface area contributed by atoms with E-state index < -0.39 is 10.0 Å². The van der Waals surface area contributed by atoms with Crippen molar-refractivity contribution in [2.75, 3.05) is 30.3 Å². The van der Waals surface area contributed by atoms with Crippen molar-refractivity contribution in [1.29, 1.82) is 0 Å². The second-order valence-electron chi connectivity index (χ2n) is 5.20. The lowest BCUT2D eigenvalue weighted by Crippen LogP contribution is -2.43. The van der Waals surface area contributed by atoms with Crippen molar-refractivity contribution >= 4 is 33.2 Å². The largest absolute Gasteiger partial charge is 0.369 e. The molecule has 2 rings (SSSR count). The first-order valence-electron chi connectivity index (χ1n) is 7.17. The van der Waals surface area contributed by atoms with Gasteiger partial charge in [-0.15, -0.1) is 0 Å². The van der Waals surface area contributed by atoms with Crippen LogP contribution in [-0.4, -0.2) is 45.8 Å². The van der Waals surface area contributed by atoms with Gasteiger partial charge in [-0.1, -0.05) is 17.7 Å². The number of nitrogens with one attached hydrogen (secondary N) is 2. The molecule has 0 aromatic heterocycles. The molecule has 0 bridgehead atoms. The molecule has 1 atom stereocenters. The molecule has 0 saturated carbocycles. The summed E-state index contributed by atoms with van der Waals surface area (Å²) in [6.45, 7) is 2.82. The fourth-order valence-corrected chi connectivity index (χ4v) is 3.08. The second-order valence-corrected chi connectivity index (χ2v) is 7.74. The Balaban J connectivity index is 1.82. The van der Waals surface area contributed by atoms with Crippen LogP contribution in [0.1, 0.15) is 13.3 Å². The number of sulfonamides is 1. The molecular weight excluding hydrogens is 326 g/mol. The number of halogens is 1. The fraction of sp³-hybridized carbons (Fsp3) is 0.500. The van der Waals surface area contributed by atoms with Crippen LogP contribution in [0, 0.1) is 0 Å². The number of hydrogen-bond acceptors (Lipinski definition) is 4. The summed E-state index contributed by atoms with van der Waals surface area (Å²) < 4.78 is 24.9. The van der Waals surface area contributed by atoms with E-state index >= 15 is 0 Å². The van der Waals surface area contributed by atoms with E-state index in [9.17, 15) is 13.2 Å². The molecule has 0 unspecified atom stereocenters. The molecule has 1 amide bonds. The Labute approximate surface area is 135 Å². The zero-order valence-electron chi connectivity index (χ0n) is 12.4. The van der Waals surface area contributed by atoms with Crippen LogP contribution in [0.25, 0.3) is 0 Å². The average molecular weight is 346 g/mol. The van der Waals surface area contributed by atoms with Gasteiger partial charge < -0.3 is 10.2 Å². The maximum absolute atomic E-state index is 11.8. The summed E-state index contributed by atoms with van der Waals surface area (Å²) in [4.78, 5) is 13.9. The number of rotatable bonds is 6. The van der Waals surface area contributed by atoms with Gasteiger partial charge in [-0.2, -0.15) is 0 Å². The Morgan fingerprint density at radius 3 is 2.91 bits per heavy atom. The van der Waals surface area contributed by atoms with Crippen molar-refractivity contribution in [1.82, 2.24) is 10.0 Å².